The van der Waals surface area contributed by atoms with Gasteiger partial charge in [0.15, 0.2) is 5.82 Å². The highest BCUT2D eigenvalue weighted by atomic mass is 19.1. The van der Waals surface area contributed by atoms with Crippen LogP contribution >= 0.6 is 0 Å². The number of anilines is 1. The van der Waals surface area contributed by atoms with Crippen LogP contribution < -0.4 is 11.1 Å². The number of hydrogen-bond donors (Lipinski definition) is 2. The van der Waals surface area contributed by atoms with Gasteiger partial charge in [-0.2, -0.15) is 5.10 Å². The summed E-state index contributed by atoms with van der Waals surface area (Å²) in [5.41, 5.74) is 9.32. The topological polar surface area (TPSA) is 124 Å². The molecule has 0 aliphatic rings. The number of carbonyl (C=O) groups excluding carboxylic acids is 1. The van der Waals surface area contributed by atoms with Gasteiger partial charge in [-0.25, -0.2) is 19.3 Å². The molecule has 0 atom stereocenters. The summed E-state index contributed by atoms with van der Waals surface area (Å²) >= 11 is 0. The molecule has 9 nitrogen and oxygen atoms in total. The fourth-order valence-electron chi connectivity index (χ4n) is 3.38. The number of amidine groups is 1. The summed E-state index contributed by atoms with van der Waals surface area (Å²) in [6, 6.07) is 10.9. The lowest BCUT2D eigenvalue weighted by molar-refractivity contribution is 0.101. The van der Waals surface area contributed by atoms with Gasteiger partial charge in [-0.05, 0) is 31.0 Å². The Hall–Kier alpha value is -4.47. The second-order valence-electron chi connectivity index (χ2n) is 7.67. The van der Waals surface area contributed by atoms with Crippen molar-refractivity contribution in [2.45, 2.75) is 20.4 Å². The number of benzene rings is 1. The third kappa shape index (κ3) is 4.80. The highest BCUT2D eigenvalue weighted by Gasteiger charge is 2.22. The molecule has 0 saturated heterocycles. The summed E-state index contributed by atoms with van der Waals surface area (Å²) in [7, 11) is 1.63. The summed E-state index contributed by atoms with van der Waals surface area (Å²) in [5.74, 6) is -0.564. The molecule has 3 aromatic heterocycles. The molecule has 3 heterocycles. The van der Waals surface area contributed by atoms with Crippen LogP contribution in [0.25, 0.3) is 11.3 Å². The second-order valence-corrected chi connectivity index (χ2v) is 7.67. The van der Waals surface area contributed by atoms with Gasteiger partial charge in [-0.1, -0.05) is 30.3 Å². The minimum Gasteiger partial charge on any atom is -0.382 e. The largest absolute Gasteiger partial charge is 0.382 e. The van der Waals surface area contributed by atoms with E-state index in [2.05, 4.69) is 30.4 Å². The Labute approximate surface area is 195 Å². The maximum absolute atomic E-state index is 14.5. The Morgan fingerprint density at radius 3 is 2.68 bits per heavy atom. The molecule has 0 saturated carbocycles. The molecule has 1 aromatic carbocycles. The summed E-state index contributed by atoms with van der Waals surface area (Å²) in [6.07, 6.45) is 4.23. The van der Waals surface area contributed by atoms with Crippen LogP contribution in [0.4, 0.5) is 10.1 Å². The molecule has 0 bridgehead atoms. The zero-order chi connectivity index (χ0) is 24.2. The number of rotatable bonds is 6. The van der Waals surface area contributed by atoms with Gasteiger partial charge in [-0.3, -0.25) is 14.5 Å². The normalized spacial score (nSPS) is 11.5. The minimum atomic E-state index is -0.703. The Morgan fingerprint density at radius 1 is 1.15 bits per heavy atom. The number of nitrogens with zero attached hydrogens (tertiary/aromatic N) is 6. The number of carbonyl (C=O) groups is 1. The van der Waals surface area contributed by atoms with E-state index in [1.807, 2.05) is 37.3 Å². The van der Waals surface area contributed by atoms with Crippen molar-refractivity contribution < 1.29 is 9.18 Å². The molecule has 4 aromatic rings. The van der Waals surface area contributed by atoms with Crippen molar-refractivity contribution in [1.29, 1.82) is 0 Å². The molecule has 0 aliphatic carbocycles. The maximum Gasteiger partial charge on any atom is 0.274 e. The van der Waals surface area contributed by atoms with Crippen LogP contribution in [-0.4, -0.2) is 36.5 Å². The third-order valence-electron chi connectivity index (χ3n) is 5.14. The van der Waals surface area contributed by atoms with Crippen LogP contribution in [0.15, 0.2) is 60.0 Å². The van der Waals surface area contributed by atoms with Crippen molar-refractivity contribution in [3.05, 3.63) is 89.1 Å². The predicted octanol–water partition coefficient (Wildman–Crippen LogP) is 3.19. The highest BCUT2D eigenvalue weighted by Crippen LogP contribution is 2.26. The maximum atomic E-state index is 14.5. The number of nitrogens with two attached hydrogens (primary N) is 1. The van der Waals surface area contributed by atoms with Crippen molar-refractivity contribution in [2.24, 2.45) is 17.8 Å². The Balaban J connectivity index is 1.61. The number of pyridine rings is 1. The van der Waals surface area contributed by atoms with Crippen molar-refractivity contribution >= 4 is 17.4 Å². The van der Waals surface area contributed by atoms with E-state index in [-0.39, 0.29) is 22.9 Å². The first kappa shape index (κ1) is 22.7. The van der Waals surface area contributed by atoms with Gasteiger partial charge in [0.2, 0.25) is 0 Å². The van der Waals surface area contributed by atoms with E-state index in [1.165, 1.54) is 10.7 Å². The Bertz CT molecular complexity index is 1380. The number of nitrogens with one attached hydrogen (secondary N) is 1. The lowest BCUT2D eigenvalue weighted by Gasteiger charge is -2.11. The zero-order valence-electron chi connectivity index (χ0n) is 19.0. The molecule has 0 radical (unpaired) electrons. The lowest BCUT2D eigenvalue weighted by Crippen LogP contribution is -2.20. The van der Waals surface area contributed by atoms with Crippen molar-refractivity contribution in [1.82, 2.24) is 24.7 Å². The Morgan fingerprint density at radius 2 is 1.91 bits per heavy atom. The molecule has 0 fully saturated rings. The van der Waals surface area contributed by atoms with E-state index < -0.39 is 11.7 Å². The highest BCUT2D eigenvalue weighted by molar-refractivity contribution is 6.08. The number of aliphatic imine (C=N–C) groups is 1. The molecule has 10 heteroatoms. The van der Waals surface area contributed by atoms with E-state index in [0.29, 0.717) is 23.6 Å². The van der Waals surface area contributed by atoms with Crippen LogP contribution in [0, 0.1) is 19.7 Å². The van der Waals surface area contributed by atoms with Gasteiger partial charge in [0.05, 0.1) is 35.9 Å². The summed E-state index contributed by atoms with van der Waals surface area (Å²) < 4.78 is 15.9. The third-order valence-corrected chi connectivity index (χ3v) is 5.14. The molecule has 0 aliphatic heterocycles. The lowest BCUT2D eigenvalue weighted by atomic mass is 10.1. The van der Waals surface area contributed by atoms with Crippen LogP contribution in [0.3, 0.4) is 0 Å². The van der Waals surface area contributed by atoms with Crippen LogP contribution in [0.1, 0.15) is 33.1 Å². The van der Waals surface area contributed by atoms with Crippen molar-refractivity contribution in [3.63, 3.8) is 0 Å². The smallest absolute Gasteiger partial charge is 0.274 e. The predicted molar refractivity (Wildman–Crippen MR) is 127 cm³/mol. The number of amides is 1. The van der Waals surface area contributed by atoms with E-state index in [0.717, 1.165) is 17.3 Å². The SMILES string of the molecule is Cc1ncc(C)c(-c2cnn(C)c2C(=O)Nc2cc(C(N)=NCc3ccccc3)ncc2F)n1. The van der Waals surface area contributed by atoms with Gasteiger partial charge >= 0.3 is 0 Å². The van der Waals surface area contributed by atoms with E-state index in [9.17, 15) is 9.18 Å². The van der Waals surface area contributed by atoms with E-state index in [4.69, 9.17) is 5.73 Å². The summed E-state index contributed by atoms with van der Waals surface area (Å²) in [5, 5.41) is 6.80. The van der Waals surface area contributed by atoms with Gasteiger partial charge in [0.25, 0.3) is 5.91 Å². The molecule has 4 rings (SSSR count). The van der Waals surface area contributed by atoms with Crippen molar-refractivity contribution in [3.8, 4) is 11.3 Å². The quantitative estimate of drug-likeness (QED) is 0.338. The number of hydrogen-bond acceptors (Lipinski definition) is 6. The van der Waals surface area contributed by atoms with E-state index >= 15 is 0 Å². The van der Waals surface area contributed by atoms with Gasteiger partial charge in [0, 0.05) is 13.2 Å². The number of halogens is 1. The standard InChI is InChI=1S/C24H23FN8O/c1-14-10-27-15(2)31-21(14)17-12-30-33(3)22(17)24(34)32-19-9-20(28-13-18(19)25)23(26)29-11-16-7-5-4-6-8-16/h4-10,12-13H,11H2,1-3H3,(H2,26,29)(H,28,32,34). The fraction of sp³-hybridized carbons (Fsp3) is 0.167. The molecule has 3 N–H and O–H groups in total. The molecular weight excluding hydrogens is 435 g/mol. The summed E-state index contributed by atoms with van der Waals surface area (Å²) in [6.45, 7) is 3.95. The molecule has 34 heavy (non-hydrogen) atoms. The average molecular weight is 459 g/mol. The first-order valence-corrected chi connectivity index (χ1v) is 10.5. The molecule has 0 spiro atoms. The van der Waals surface area contributed by atoms with Crippen molar-refractivity contribution in [2.75, 3.05) is 5.32 Å². The molecule has 1 amide bonds. The summed E-state index contributed by atoms with van der Waals surface area (Å²) in [4.78, 5) is 30.1. The number of aromatic nitrogens is 5. The van der Waals surface area contributed by atoms with Crippen LogP contribution in [-0.2, 0) is 13.6 Å². The van der Waals surface area contributed by atoms with Gasteiger partial charge < -0.3 is 11.1 Å². The zero-order valence-corrected chi connectivity index (χ0v) is 19.0. The van der Waals surface area contributed by atoms with Crippen LogP contribution in [0.2, 0.25) is 0 Å². The molecular formula is C24H23FN8O. The van der Waals surface area contributed by atoms with Gasteiger partial charge in [-0.15, -0.1) is 0 Å². The minimum absolute atomic E-state index is 0.0735. The first-order chi connectivity index (χ1) is 16.3. The monoisotopic (exact) mass is 458 g/mol. The Kier molecular flexibility index (Phi) is 6.39. The van der Waals surface area contributed by atoms with Crippen LogP contribution in [0.5, 0.6) is 0 Å². The molecule has 0 unspecified atom stereocenters. The molecule has 172 valence electrons. The average Bonchev–Trinajstić information content (AvgIpc) is 3.22. The van der Waals surface area contributed by atoms with E-state index in [1.54, 1.807) is 26.4 Å². The first-order valence-electron chi connectivity index (χ1n) is 10.5. The number of aryl methyl sites for hydroxylation is 3. The second kappa shape index (κ2) is 9.57. The fourth-order valence-corrected chi connectivity index (χ4v) is 3.38. The van der Waals surface area contributed by atoms with Gasteiger partial charge in [0.1, 0.15) is 23.0 Å².